The Morgan fingerprint density at radius 2 is 0.946 bits per heavy atom. The maximum Gasteiger partial charge on any atom is 0.0713 e. The summed E-state index contributed by atoms with van der Waals surface area (Å²) in [7, 11) is 0. The van der Waals surface area contributed by atoms with Crippen LogP contribution in [0.5, 0.6) is 0 Å². The summed E-state index contributed by atoms with van der Waals surface area (Å²) in [6, 6.07) is 28.9. The van der Waals surface area contributed by atoms with Gasteiger partial charge in [0.05, 0.1) is 5.41 Å². The second kappa shape index (κ2) is 10.3. The predicted molar refractivity (Wildman–Crippen MR) is 160 cm³/mol. The largest absolute Gasteiger partial charge is 0.0713 e. The molecule has 0 spiro atoms. The third-order valence-corrected chi connectivity index (χ3v) is 8.61. The molecule has 0 radical (unpaired) electrons. The first-order chi connectivity index (χ1) is 17.9. The number of benzene rings is 4. The number of unbranched alkanes of at least 4 members (excludes halogenated alkanes) is 2. The lowest BCUT2D eigenvalue weighted by atomic mass is 9.66. The molecule has 1 aliphatic carbocycles. The van der Waals surface area contributed by atoms with Crippen LogP contribution in [0.3, 0.4) is 0 Å². The lowest BCUT2D eigenvalue weighted by Crippen LogP contribution is -2.29. The van der Waals surface area contributed by atoms with Gasteiger partial charge in [-0.2, -0.15) is 0 Å². The summed E-state index contributed by atoms with van der Waals surface area (Å²) in [6.07, 6.45) is 7.19. The van der Waals surface area contributed by atoms with Crippen LogP contribution in [-0.2, 0) is 18.3 Å². The Hall–Kier alpha value is -3.12. The summed E-state index contributed by atoms with van der Waals surface area (Å²) in [4.78, 5) is 0. The van der Waals surface area contributed by atoms with E-state index in [2.05, 4.69) is 114 Å². The summed E-state index contributed by atoms with van der Waals surface area (Å²) in [5.41, 5.74) is 16.6. The second-order valence-corrected chi connectivity index (χ2v) is 11.3. The third kappa shape index (κ3) is 4.35. The fourth-order valence-corrected chi connectivity index (χ4v) is 6.42. The van der Waals surface area contributed by atoms with E-state index in [0.717, 1.165) is 12.8 Å². The minimum Gasteiger partial charge on any atom is -0.0654 e. The lowest BCUT2D eigenvalue weighted by Gasteiger charge is -2.35. The van der Waals surface area contributed by atoms with Gasteiger partial charge in [0.1, 0.15) is 0 Å². The van der Waals surface area contributed by atoms with Gasteiger partial charge in [-0.1, -0.05) is 111 Å². The van der Waals surface area contributed by atoms with Gasteiger partial charge < -0.3 is 0 Å². The van der Waals surface area contributed by atoms with E-state index in [1.54, 1.807) is 0 Å². The summed E-state index contributed by atoms with van der Waals surface area (Å²) in [6.45, 7) is 13.6. The van der Waals surface area contributed by atoms with Crippen molar-refractivity contribution in [3.63, 3.8) is 0 Å². The minimum absolute atomic E-state index is 0.313. The molecule has 0 unspecified atom stereocenters. The van der Waals surface area contributed by atoms with Gasteiger partial charge in [0.25, 0.3) is 0 Å². The van der Waals surface area contributed by atoms with Crippen molar-refractivity contribution in [3.05, 3.63) is 128 Å². The number of fused-ring (bicyclic) bond motifs is 3. The molecule has 1 aliphatic rings. The van der Waals surface area contributed by atoms with Crippen LogP contribution in [0.15, 0.2) is 72.8 Å². The van der Waals surface area contributed by atoms with Gasteiger partial charge in [0.2, 0.25) is 0 Å². The zero-order chi connectivity index (χ0) is 26.2. The molecule has 0 amide bonds. The van der Waals surface area contributed by atoms with Crippen LogP contribution in [0.25, 0.3) is 11.1 Å². The van der Waals surface area contributed by atoms with E-state index in [-0.39, 0.29) is 5.41 Å². The molecule has 4 aromatic rings. The summed E-state index contributed by atoms with van der Waals surface area (Å²) in [5, 5.41) is 0. The molecule has 0 N–H and O–H groups in total. The highest BCUT2D eigenvalue weighted by Crippen LogP contribution is 2.57. The fourth-order valence-electron chi connectivity index (χ4n) is 6.42. The molecule has 0 heterocycles. The van der Waals surface area contributed by atoms with Gasteiger partial charge in [-0.05, 0) is 109 Å². The first-order valence-corrected chi connectivity index (χ1v) is 14.3. The molecule has 0 heteroatoms. The van der Waals surface area contributed by atoms with E-state index in [4.69, 9.17) is 0 Å². The second-order valence-electron chi connectivity index (χ2n) is 11.3. The summed E-state index contributed by atoms with van der Waals surface area (Å²) in [5.74, 6) is 0. The molecule has 4 aromatic carbocycles. The fraction of sp³-hybridized carbons (Fsp3) is 0.351. The highest BCUT2D eigenvalue weighted by Gasteiger charge is 2.46. The zero-order valence-corrected chi connectivity index (χ0v) is 23.7. The average Bonchev–Trinajstić information content (AvgIpc) is 3.17. The topological polar surface area (TPSA) is 0 Å². The van der Waals surface area contributed by atoms with Gasteiger partial charge in [-0.15, -0.1) is 0 Å². The minimum atomic E-state index is -0.313. The average molecular weight is 487 g/mol. The van der Waals surface area contributed by atoms with Crippen LogP contribution in [-0.4, -0.2) is 0 Å². The predicted octanol–water partition coefficient (Wildman–Crippen LogP) is 9.97. The Balaban J connectivity index is 1.88. The maximum atomic E-state index is 2.54. The van der Waals surface area contributed by atoms with E-state index in [1.165, 1.54) is 92.4 Å². The van der Waals surface area contributed by atoms with E-state index in [0.29, 0.717) is 0 Å². The molecule has 0 nitrogen and oxygen atoms in total. The number of hydrogen-bond donors (Lipinski definition) is 0. The Kier molecular flexibility index (Phi) is 7.13. The third-order valence-electron chi connectivity index (χ3n) is 8.61. The van der Waals surface area contributed by atoms with Crippen molar-refractivity contribution in [2.24, 2.45) is 0 Å². The monoisotopic (exact) mass is 486 g/mol. The van der Waals surface area contributed by atoms with E-state index < -0.39 is 0 Å². The number of hydrogen-bond acceptors (Lipinski definition) is 0. The molecule has 0 fully saturated rings. The molecular weight excluding hydrogens is 444 g/mol. The van der Waals surface area contributed by atoms with Crippen LogP contribution >= 0.6 is 0 Å². The van der Waals surface area contributed by atoms with E-state index in [1.807, 2.05) is 0 Å². The van der Waals surface area contributed by atoms with Crippen LogP contribution in [0, 0.1) is 27.7 Å². The number of rotatable bonds is 8. The van der Waals surface area contributed by atoms with E-state index >= 15 is 0 Å². The molecule has 0 aliphatic heterocycles. The standard InChI is InChI=1S/C37H42/c1-7-9-11-29-23-31(17-15-27(29)5)37(32-18-16-28(6)30(24-32)12-10-8-2)35-21-25(3)13-19-33(35)34-20-14-26(4)22-36(34)37/h13-24H,7-12H2,1-6H3. The molecule has 0 bridgehead atoms. The van der Waals surface area contributed by atoms with Gasteiger partial charge in [0, 0.05) is 0 Å². The molecule has 5 rings (SSSR count). The number of aryl methyl sites for hydroxylation is 6. The molecule has 0 saturated heterocycles. The van der Waals surface area contributed by atoms with Crippen LogP contribution < -0.4 is 0 Å². The van der Waals surface area contributed by atoms with Crippen molar-refractivity contribution >= 4 is 0 Å². The summed E-state index contributed by atoms with van der Waals surface area (Å²) < 4.78 is 0. The van der Waals surface area contributed by atoms with Crippen molar-refractivity contribution in [2.75, 3.05) is 0 Å². The summed E-state index contributed by atoms with van der Waals surface area (Å²) >= 11 is 0. The van der Waals surface area contributed by atoms with Crippen molar-refractivity contribution < 1.29 is 0 Å². The Labute approximate surface area is 224 Å². The molecule has 190 valence electrons. The van der Waals surface area contributed by atoms with Gasteiger partial charge in [-0.25, -0.2) is 0 Å². The SMILES string of the molecule is CCCCc1cc(C2(c3ccc(C)c(CCCC)c3)c3cc(C)ccc3-c3ccc(C)cc32)ccc1C. The van der Waals surface area contributed by atoms with Crippen LogP contribution in [0.4, 0.5) is 0 Å². The molecule has 0 aromatic heterocycles. The smallest absolute Gasteiger partial charge is 0.0654 e. The van der Waals surface area contributed by atoms with Crippen LogP contribution in [0.2, 0.25) is 0 Å². The Morgan fingerprint density at radius 3 is 1.35 bits per heavy atom. The van der Waals surface area contributed by atoms with Crippen molar-refractivity contribution in [1.29, 1.82) is 0 Å². The molecule has 0 saturated carbocycles. The Bertz CT molecular complexity index is 1320. The Morgan fingerprint density at radius 1 is 0.514 bits per heavy atom. The van der Waals surface area contributed by atoms with Gasteiger partial charge in [0.15, 0.2) is 0 Å². The van der Waals surface area contributed by atoms with Crippen molar-refractivity contribution in [2.45, 2.75) is 85.5 Å². The molecule has 37 heavy (non-hydrogen) atoms. The molecule has 0 atom stereocenters. The maximum absolute atomic E-state index is 2.54. The van der Waals surface area contributed by atoms with Crippen LogP contribution in [0.1, 0.15) is 95.2 Å². The first-order valence-electron chi connectivity index (χ1n) is 14.3. The normalized spacial score (nSPS) is 13.5. The molecular formula is C37H42. The highest BCUT2D eigenvalue weighted by atomic mass is 14.5. The first kappa shape index (κ1) is 25.5. The quantitative estimate of drug-likeness (QED) is 0.205. The van der Waals surface area contributed by atoms with E-state index in [9.17, 15) is 0 Å². The zero-order valence-electron chi connectivity index (χ0n) is 23.7. The lowest BCUT2D eigenvalue weighted by molar-refractivity contribution is 0.745. The highest BCUT2D eigenvalue weighted by molar-refractivity contribution is 5.87. The van der Waals surface area contributed by atoms with Crippen molar-refractivity contribution in [3.8, 4) is 11.1 Å². The van der Waals surface area contributed by atoms with Gasteiger partial charge in [-0.3, -0.25) is 0 Å². The van der Waals surface area contributed by atoms with Gasteiger partial charge >= 0.3 is 0 Å². The van der Waals surface area contributed by atoms with Crippen molar-refractivity contribution in [1.82, 2.24) is 0 Å².